The minimum atomic E-state index is -0.565. The molecule has 0 aliphatic carbocycles. The molecule has 0 aliphatic heterocycles. The first-order valence-electron chi connectivity index (χ1n) is 7.15. The van der Waals surface area contributed by atoms with E-state index in [0.717, 1.165) is 5.56 Å². The molecule has 24 heavy (non-hydrogen) atoms. The Bertz CT molecular complexity index is 880. The number of nitrogens with zero attached hydrogens (tertiary/aromatic N) is 2. The highest BCUT2D eigenvalue weighted by Gasteiger charge is 2.18. The molecule has 0 aliphatic rings. The Morgan fingerprint density at radius 1 is 1.33 bits per heavy atom. The van der Waals surface area contributed by atoms with E-state index < -0.39 is 17.4 Å². The van der Waals surface area contributed by atoms with E-state index in [1.54, 1.807) is 31.3 Å². The Balaban J connectivity index is 2.26. The first-order chi connectivity index (χ1) is 11.5. The maximum Gasteiger partial charge on any atom is 0.260 e. The Hall–Kier alpha value is -3.40. The van der Waals surface area contributed by atoms with Crippen molar-refractivity contribution in [1.29, 1.82) is 5.26 Å². The molecule has 0 bridgehead atoms. The zero-order valence-corrected chi connectivity index (χ0v) is 13.3. The number of H-pyrrole nitrogens is 1. The molecular formula is C17H16N4O3. The number of benzene rings is 1. The normalized spacial score (nSPS) is 9.88. The molecule has 0 saturated heterocycles. The van der Waals surface area contributed by atoms with Crippen molar-refractivity contribution >= 4 is 11.8 Å². The second kappa shape index (κ2) is 7.24. The molecule has 1 aromatic carbocycles. The van der Waals surface area contributed by atoms with Crippen LogP contribution in [-0.2, 0) is 6.54 Å². The molecule has 2 rings (SSSR count). The van der Waals surface area contributed by atoms with Crippen molar-refractivity contribution in [3.05, 3.63) is 69.1 Å². The fourth-order valence-electron chi connectivity index (χ4n) is 2.21. The van der Waals surface area contributed by atoms with E-state index >= 15 is 0 Å². The molecular weight excluding hydrogens is 308 g/mol. The lowest BCUT2D eigenvalue weighted by Gasteiger charge is -2.17. The Morgan fingerprint density at radius 2 is 2.08 bits per heavy atom. The topological polar surface area (TPSA) is 106 Å². The van der Waals surface area contributed by atoms with Gasteiger partial charge < -0.3 is 15.2 Å². The fraction of sp³-hybridized carbons (Fsp3) is 0.176. The quantitative estimate of drug-likeness (QED) is 0.870. The third-order valence-corrected chi connectivity index (χ3v) is 3.45. The minimum absolute atomic E-state index is 0.116. The van der Waals surface area contributed by atoms with E-state index in [2.05, 4.69) is 10.3 Å². The van der Waals surface area contributed by atoms with Gasteiger partial charge in [0.1, 0.15) is 5.56 Å². The summed E-state index contributed by atoms with van der Waals surface area (Å²) in [6.07, 6.45) is 1.26. The molecule has 2 amide bonds. The maximum absolute atomic E-state index is 12.5. The van der Waals surface area contributed by atoms with Gasteiger partial charge in [0.2, 0.25) is 0 Å². The van der Waals surface area contributed by atoms with Crippen molar-refractivity contribution in [2.45, 2.75) is 6.54 Å². The first-order valence-corrected chi connectivity index (χ1v) is 7.15. The van der Waals surface area contributed by atoms with E-state index in [0.29, 0.717) is 5.56 Å². The molecule has 7 heteroatoms. The number of carbonyl (C=O) groups is 2. The summed E-state index contributed by atoms with van der Waals surface area (Å²) in [7, 11) is 3.01. The van der Waals surface area contributed by atoms with Crippen LogP contribution in [0.3, 0.4) is 0 Å². The van der Waals surface area contributed by atoms with E-state index in [1.807, 2.05) is 6.07 Å². The average Bonchev–Trinajstić information content (AvgIpc) is 2.61. The van der Waals surface area contributed by atoms with Gasteiger partial charge in [0, 0.05) is 26.8 Å². The van der Waals surface area contributed by atoms with Crippen LogP contribution in [0.1, 0.15) is 31.8 Å². The molecule has 122 valence electrons. The van der Waals surface area contributed by atoms with Gasteiger partial charge in [-0.25, -0.2) is 0 Å². The third kappa shape index (κ3) is 3.67. The van der Waals surface area contributed by atoms with Gasteiger partial charge in [-0.3, -0.25) is 14.4 Å². The number of aromatic nitrogens is 1. The molecule has 0 saturated carbocycles. The van der Waals surface area contributed by atoms with Gasteiger partial charge in [-0.2, -0.15) is 5.26 Å². The number of hydrogen-bond acceptors (Lipinski definition) is 4. The summed E-state index contributed by atoms with van der Waals surface area (Å²) in [5.41, 5.74) is 0.775. The standard InChI is InChI=1S/C17H16N4O3/c1-19-15(22)13-7-14(16(23)20-9-13)17(24)21(2)10-12-5-3-4-11(6-12)8-18/h3-7,9H,10H2,1-2H3,(H,19,22)(H,20,23). The van der Waals surface area contributed by atoms with Crippen LogP contribution in [0.2, 0.25) is 0 Å². The van der Waals surface area contributed by atoms with E-state index in [1.165, 1.54) is 24.2 Å². The molecule has 0 spiro atoms. The van der Waals surface area contributed by atoms with Crippen molar-refractivity contribution in [1.82, 2.24) is 15.2 Å². The molecule has 1 heterocycles. The van der Waals surface area contributed by atoms with Crippen LogP contribution in [-0.4, -0.2) is 35.8 Å². The van der Waals surface area contributed by atoms with Gasteiger partial charge in [-0.1, -0.05) is 12.1 Å². The second-order valence-corrected chi connectivity index (χ2v) is 5.18. The number of pyridine rings is 1. The van der Waals surface area contributed by atoms with Gasteiger partial charge in [0.25, 0.3) is 17.4 Å². The number of nitrogens with one attached hydrogen (secondary N) is 2. The highest BCUT2D eigenvalue weighted by molar-refractivity contribution is 5.98. The molecule has 2 aromatic rings. The lowest BCUT2D eigenvalue weighted by Crippen LogP contribution is -2.32. The second-order valence-electron chi connectivity index (χ2n) is 5.18. The third-order valence-electron chi connectivity index (χ3n) is 3.45. The van der Waals surface area contributed by atoms with Crippen LogP contribution < -0.4 is 10.9 Å². The number of nitriles is 1. The average molecular weight is 324 g/mol. The largest absolute Gasteiger partial charge is 0.355 e. The van der Waals surface area contributed by atoms with Crippen molar-refractivity contribution in [2.24, 2.45) is 0 Å². The van der Waals surface area contributed by atoms with Crippen LogP contribution in [0.5, 0.6) is 0 Å². The smallest absolute Gasteiger partial charge is 0.260 e. The number of rotatable bonds is 4. The van der Waals surface area contributed by atoms with Crippen LogP contribution >= 0.6 is 0 Å². The van der Waals surface area contributed by atoms with Gasteiger partial charge >= 0.3 is 0 Å². The van der Waals surface area contributed by atoms with Crippen LogP contribution in [0.15, 0.2) is 41.3 Å². The Morgan fingerprint density at radius 3 is 2.75 bits per heavy atom. The van der Waals surface area contributed by atoms with E-state index in [9.17, 15) is 14.4 Å². The summed E-state index contributed by atoms with van der Waals surface area (Å²) in [6.45, 7) is 0.234. The van der Waals surface area contributed by atoms with E-state index in [-0.39, 0.29) is 17.7 Å². The molecule has 7 nitrogen and oxygen atoms in total. The van der Waals surface area contributed by atoms with E-state index in [4.69, 9.17) is 5.26 Å². The summed E-state index contributed by atoms with van der Waals surface area (Å²) in [4.78, 5) is 39.8. The zero-order chi connectivity index (χ0) is 17.7. The SMILES string of the molecule is CNC(=O)c1c[nH]c(=O)c(C(=O)N(C)Cc2cccc(C#N)c2)c1. The molecule has 0 fully saturated rings. The number of amides is 2. The van der Waals surface area contributed by atoms with Crippen molar-refractivity contribution in [2.75, 3.05) is 14.1 Å². The summed E-state index contributed by atoms with van der Waals surface area (Å²) >= 11 is 0. The van der Waals surface area contributed by atoms with Crippen LogP contribution in [0.25, 0.3) is 0 Å². The van der Waals surface area contributed by atoms with Crippen molar-refractivity contribution in [3.8, 4) is 6.07 Å². The predicted molar refractivity (Wildman–Crippen MR) is 87.4 cm³/mol. The Labute approximate surface area is 138 Å². The highest BCUT2D eigenvalue weighted by Crippen LogP contribution is 2.09. The molecule has 0 radical (unpaired) electrons. The summed E-state index contributed by atoms with van der Waals surface area (Å²) in [5, 5.41) is 11.3. The summed E-state index contributed by atoms with van der Waals surface area (Å²) in [5.74, 6) is -0.908. The molecule has 1 aromatic heterocycles. The maximum atomic E-state index is 12.5. The van der Waals surface area contributed by atoms with Crippen molar-refractivity contribution in [3.63, 3.8) is 0 Å². The van der Waals surface area contributed by atoms with Crippen LogP contribution in [0.4, 0.5) is 0 Å². The zero-order valence-electron chi connectivity index (χ0n) is 13.3. The van der Waals surface area contributed by atoms with Gasteiger partial charge in [0.15, 0.2) is 0 Å². The molecule has 0 atom stereocenters. The van der Waals surface area contributed by atoms with Crippen LogP contribution in [0, 0.1) is 11.3 Å². The highest BCUT2D eigenvalue weighted by atomic mass is 16.2. The number of hydrogen-bond donors (Lipinski definition) is 2. The van der Waals surface area contributed by atoms with Gasteiger partial charge in [-0.15, -0.1) is 0 Å². The van der Waals surface area contributed by atoms with Gasteiger partial charge in [0.05, 0.1) is 17.2 Å². The number of carbonyl (C=O) groups excluding carboxylic acids is 2. The molecule has 0 unspecified atom stereocenters. The molecule has 2 N–H and O–H groups in total. The Kier molecular flexibility index (Phi) is 5.12. The predicted octanol–water partition coefficient (Wildman–Crippen LogP) is 0.878. The fourth-order valence-corrected chi connectivity index (χ4v) is 2.21. The van der Waals surface area contributed by atoms with Gasteiger partial charge in [-0.05, 0) is 23.8 Å². The summed E-state index contributed by atoms with van der Waals surface area (Å²) < 4.78 is 0. The van der Waals surface area contributed by atoms with Crippen molar-refractivity contribution < 1.29 is 9.59 Å². The minimum Gasteiger partial charge on any atom is -0.355 e. The lowest BCUT2D eigenvalue weighted by molar-refractivity contribution is 0.0783. The lowest BCUT2D eigenvalue weighted by atomic mass is 10.1. The number of aromatic amines is 1. The first kappa shape index (κ1) is 17.0. The monoisotopic (exact) mass is 324 g/mol. The summed E-state index contributed by atoms with van der Waals surface area (Å²) in [6, 6.07) is 10.2.